The average Bonchev–Trinajstić information content (AvgIpc) is 3.18. The number of carbonyl (C=O) groups excluding carboxylic acids is 1. The Morgan fingerprint density at radius 1 is 1.28 bits per heavy atom. The molecule has 3 heterocycles. The summed E-state index contributed by atoms with van der Waals surface area (Å²) in [5, 5.41) is 20.3. The molecular formula is C20H27N5O3S. The van der Waals surface area contributed by atoms with E-state index in [1.807, 2.05) is 42.3 Å². The van der Waals surface area contributed by atoms with Crippen LogP contribution in [-0.2, 0) is 22.2 Å². The third kappa shape index (κ3) is 4.32. The summed E-state index contributed by atoms with van der Waals surface area (Å²) in [6, 6.07) is 9.67. The molecule has 1 aromatic carbocycles. The maximum atomic E-state index is 12.9. The summed E-state index contributed by atoms with van der Waals surface area (Å²) >= 11 is 1.39. The first kappa shape index (κ1) is 20.3. The van der Waals surface area contributed by atoms with Crippen molar-refractivity contribution in [2.45, 2.75) is 23.2 Å². The van der Waals surface area contributed by atoms with Gasteiger partial charge < -0.3 is 19.3 Å². The number of morpholine rings is 1. The Kier molecular flexibility index (Phi) is 6.19. The highest BCUT2D eigenvalue weighted by molar-refractivity contribution is 7.99. The lowest BCUT2D eigenvalue weighted by Crippen LogP contribution is -2.63. The van der Waals surface area contributed by atoms with Gasteiger partial charge in [-0.3, -0.25) is 9.69 Å². The fourth-order valence-corrected chi connectivity index (χ4v) is 4.93. The molecule has 0 aliphatic carbocycles. The van der Waals surface area contributed by atoms with Gasteiger partial charge in [0, 0.05) is 33.2 Å². The molecule has 9 heteroatoms. The molecule has 0 saturated carbocycles. The minimum atomic E-state index is -0.980. The zero-order chi connectivity index (χ0) is 20.3. The second-order valence-electron chi connectivity index (χ2n) is 7.56. The zero-order valence-corrected chi connectivity index (χ0v) is 17.4. The maximum Gasteiger partial charge on any atom is 0.233 e. The number of aliphatic hydroxyl groups is 1. The van der Waals surface area contributed by atoms with Gasteiger partial charge in [0.1, 0.15) is 11.9 Å². The molecule has 2 aliphatic rings. The lowest BCUT2D eigenvalue weighted by Gasteiger charge is -2.50. The number of amides is 1. The number of ether oxygens (including phenoxy) is 1. The van der Waals surface area contributed by atoms with Gasteiger partial charge in [0.2, 0.25) is 5.91 Å². The molecule has 1 aromatic heterocycles. The van der Waals surface area contributed by atoms with Crippen molar-refractivity contribution in [3.63, 3.8) is 0 Å². The van der Waals surface area contributed by atoms with Crippen molar-refractivity contribution < 1.29 is 14.6 Å². The normalized spacial score (nSPS) is 25.9. The van der Waals surface area contributed by atoms with Crippen molar-refractivity contribution in [2.24, 2.45) is 7.05 Å². The van der Waals surface area contributed by atoms with Gasteiger partial charge in [-0.15, -0.1) is 10.2 Å². The van der Waals surface area contributed by atoms with Crippen LogP contribution in [0.4, 0.5) is 0 Å². The molecule has 4 rings (SSSR count). The fraction of sp³-hybridized carbons (Fsp3) is 0.550. The van der Waals surface area contributed by atoms with Crippen LogP contribution in [0, 0.1) is 0 Å². The van der Waals surface area contributed by atoms with Gasteiger partial charge in [-0.2, -0.15) is 0 Å². The molecule has 2 fully saturated rings. The molecule has 29 heavy (non-hydrogen) atoms. The van der Waals surface area contributed by atoms with Crippen molar-refractivity contribution in [1.82, 2.24) is 24.6 Å². The van der Waals surface area contributed by atoms with Gasteiger partial charge in [0.25, 0.3) is 0 Å². The van der Waals surface area contributed by atoms with Crippen LogP contribution in [0.2, 0.25) is 0 Å². The Hall–Kier alpha value is -1.94. The SMILES string of the molecule is Cn1cnnc1SCC(=O)N1CC[C@](O)(c2ccccc2)[C@H](N2CCOCC2)C1. The van der Waals surface area contributed by atoms with Crippen molar-refractivity contribution in [1.29, 1.82) is 0 Å². The molecule has 1 amide bonds. The molecule has 0 bridgehead atoms. The fourth-order valence-electron chi connectivity index (χ4n) is 4.14. The summed E-state index contributed by atoms with van der Waals surface area (Å²) in [7, 11) is 1.86. The average molecular weight is 418 g/mol. The van der Waals surface area contributed by atoms with E-state index in [-0.39, 0.29) is 11.9 Å². The second kappa shape index (κ2) is 8.83. The van der Waals surface area contributed by atoms with Crippen LogP contribution in [0.25, 0.3) is 0 Å². The predicted molar refractivity (Wildman–Crippen MR) is 109 cm³/mol. The van der Waals surface area contributed by atoms with Crippen LogP contribution < -0.4 is 0 Å². The van der Waals surface area contributed by atoms with Crippen LogP contribution in [-0.4, -0.2) is 86.8 Å². The van der Waals surface area contributed by atoms with Crippen molar-refractivity contribution in [2.75, 3.05) is 45.1 Å². The topological polar surface area (TPSA) is 83.7 Å². The number of thioether (sulfide) groups is 1. The molecule has 1 N–H and O–H groups in total. The monoisotopic (exact) mass is 417 g/mol. The number of aromatic nitrogens is 3. The Morgan fingerprint density at radius 2 is 2.03 bits per heavy atom. The van der Waals surface area contributed by atoms with Gasteiger partial charge in [0.05, 0.1) is 25.0 Å². The van der Waals surface area contributed by atoms with Crippen molar-refractivity contribution in [3.05, 3.63) is 42.2 Å². The lowest BCUT2D eigenvalue weighted by atomic mass is 9.79. The smallest absolute Gasteiger partial charge is 0.233 e. The van der Waals surface area contributed by atoms with Gasteiger partial charge in [0.15, 0.2) is 5.16 Å². The number of rotatable bonds is 5. The molecule has 156 valence electrons. The predicted octanol–water partition coefficient (Wildman–Crippen LogP) is 0.728. The van der Waals surface area contributed by atoms with Gasteiger partial charge in [-0.25, -0.2) is 0 Å². The summed E-state index contributed by atoms with van der Waals surface area (Å²) in [6.45, 7) is 3.85. The summed E-state index contributed by atoms with van der Waals surface area (Å²) in [6.07, 6.45) is 2.14. The van der Waals surface area contributed by atoms with E-state index in [0.717, 1.165) is 23.8 Å². The van der Waals surface area contributed by atoms with E-state index in [4.69, 9.17) is 4.74 Å². The third-order valence-corrected chi connectivity index (χ3v) is 6.83. The molecule has 8 nitrogen and oxygen atoms in total. The Morgan fingerprint density at radius 3 is 2.72 bits per heavy atom. The van der Waals surface area contributed by atoms with Gasteiger partial charge >= 0.3 is 0 Å². The first-order chi connectivity index (χ1) is 14.1. The highest BCUT2D eigenvalue weighted by Crippen LogP contribution is 2.36. The third-order valence-electron chi connectivity index (χ3n) is 5.81. The number of aryl methyl sites for hydroxylation is 1. The summed E-state index contributed by atoms with van der Waals surface area (Å²) in [4.78, 5) is 17.0. The number of piperidine rings is 1. The summed E-state index contributed by atoms with van der Waals surface area (Å²) in [5.41, 5.74) is -0.0661. The number of benzene rings is 1. The van der Waals surface area contributed by atoms with Crippen LogP contribution in [0.15, 0.2) is 41.8 Å². The van der Waals surface area contributed by atoms with Crippen LogP contribution in [0.1, 0.15) is 12.0 Å². The number of likely N-dealkylation sites (tertiary alicyclic amines) is 1. The minimum absolute atomic E-state index is 0.0615. The van der Waals surface area contributed by atoms with E-state index in [1.54, 1.807) is 10.9 Å². The van der Waals surface area contributed by atoms with E-state index in [9.17, 15) is 9.90 Å². The van der Waals surface area contributed by atoms with Crippen molar-refractivity contribution >= 4 is 17.7 Å². The number of hydrogen-bond donors (Lipinski definition) is 1. The minimum Gasteiger partial charge on any atom is -0.383 e. The van der Waals surface area contributed by atoms with E-state index in [2.05, 4.69) is 15.1 Å². The van der Waals surface area contributed by atoms with E-state index >= 15 is 0 Å². The van der Waals surface area contributed by atoms with Crippen LogP contribution in [0.3, 0.4) is 0 Å². The second-order valence-corrected chi connectivity index (χ2v) is 8.50. The van der Waals surface area contributed by atoms with Crippen LogP contribution >= 0.6 is 11.8 Å². The molecule has 2 aliphatic heterocycles. The molecule has 2 aromatic rings. The van der Waals surface area contributed by atoms with Crippen molar-refractivity contribution in [3.8, 4) is 0 Å². The number of nitrogens with zero attached hydrogens (tertiary/aromatic N) is 5. The molecule has 2 saturated heterocycles. The van der Waals surface area contributed by atoms with Gasteiger partial charge in [-0.1, -0.05) is 42.1 Å². The van der Waals surface area contributed by atoms with Gasteiger partial charge in [-0.05, 0) is 12.0 Å². The van der Waals surface area contributed by atoms with E-state index < -0.39 is 5.60 Å². The first-order valence-corrected chi connectivity index (χ1v) is 10.9. The first-order valence-electron chi connectivity index (χ1n) is 9.92. The Balaban J connectivity index is 1.50. The lowest BCUT2D eigenvalue weighted by molar-refractivity contribution is -0.145. The molecule has 0 radical (unpaired) electrons. The molecule has 2 atom stereocenters. The van der Waals surface area contributed by atoms with E-state index in [0.29, 0.717) is 38.5 Å². The molecule has 0 spiro atoms. The van der Waals surface area contributed by atoms with Crippen LogP contribution in [0.5, 0.6) is 0 Å². The largest absolute Gasteiger partial charge is 0.383 e. The molecule has 0 unspecified atom stereocenters. The number of carbonyl (C=O) groups is 1. The quantitative estimate of drug-likeness (QED) is 0.718. The van der Waals surface area contributed by atoms with E-state index in [1.165, 1.54) is 11.8 Å². The standard InChI is InChI=1S/C20H27N5O3S/c1-23-15-21-22-19(23)29-14-18(26)25-8-7-20(27,16-5-3-2-4-6-16)17(13-25)24-9-11-28-12-10-24/h2-6,15,17,27H,7-14H2,1H3/t17-,20+/m1/s1. The Labute approximate surface area is 174 Å². The Bertz CT molecular complexity index is 827. The molecular weight excluding hydrogens is 390 g/mol. The maximum absolute atomic E-state index is 12.9. The summed E-state index contributed by atoms with van der Waals surface area (Å²) in [5.74, 6) is 0.373. The number of hydrogen-bond acceptors (Lipinski definition) is 7. The summed E-state index contributed by atoms with van der Waals surface area (Å²) < 4.78 is 7.31. The highest BCUT2D eigenvalue weighted by Gasteiger charge is 2.46. The zero-order valence-electron chi connectivity index (χ0n) is 16.6. The highest BCUT2D eigenvalue weighted by atomic mass is 32.2.